The normalized spacial score (nSPS) is 9.05. The van der Waals surface area contributed by atoms with Gasteiger partial charge in [-0.15, -0.1) is 114 Å². The van der Waals surface area contributed by atoms with Gasteiger partial charge >= 0.3 is 0 Å². The SMILES string of the molecule is CC[O-].CC[O-].[Hf].c1ccc([CH-]c2ccccc2)cc1.c1ccc2[cH-]ccc2c1.c1ccc2[cH-]ccc2c1. The van der Waals surface area contributed by atoms with Crippen LogP contribution in [0.1, 0.15) is 25.0 Å². The summed E-state index contributed by atoms with van der Waals surface area (Å²) < 4.78 is 0. The molecule has 0 spiro atoms. The van der Waals surface area contributed by atoms with Crippen LogP contribution < -0.4 is 10.2 Å². The van der Waals surface area contributed by atoms with E-state index in [-0.39, 0.29) is 39.1 Å². The van der Waals surface area contributed by atoms with E-state index in [1.807, 2.05) is 12.1 Å². The molecule has 0 atom stereocenters. The van der Waals surface area contributed by atoms with Crippen LogP contribution in [0.15, 0.2) is 146 Å². The van der Waals surface area contributed by atoms with E-state index in [9.17, 15) is 0 Å². The zero-order chi connectivity index (χ0) is 26.6. The fourth-order valence-electron chi connectivity index (χ4n) is 3.43. The maximum Gasteiger partial charge on any atom is 0 e. The van der Waals surface area contributed by atoms with Crippen molar-refractivity contribution in [2.24, 2.45) is 0 Å². The molecule has 6 aromatic carbocycles. The third-order valence-electron chi connectivity index (χ3n) is 5.03. The molecule has 6 rings (SSSR count). The summed E-state index contributed by atoms with van der Waals surface area (Å²) in [6, 6.07) is 50.0. The second-order valence-electron chi connectivity index (χ2n) is 7.85. The minimum absolute atomic E-state index is 0. The predicted molar refractivity (Wildman–Crippen MR) is 156 cm³/mol. The van der Waals surface area contributed by atoms with E-state index in [4.69, 9.17) is 10.2 Å². The average molecular weight is 666 g/mol. The van der Waals surface area contributed by atoms with Gasteiger partial charge < -0.3 is 10.2 Å². The van der Waals surface area contributed by atoms with Crippen LogP contribution >= 0.6 is 0 Å². The molecular formula is C35H35HfO2-5. The van der Waals surface area contributed by atoms with Gasteiger partial charge in [-0.1, -0.05) is 62.4 Å². The van der Waals surface area contributed by atoms with Gasteiger partial charge in [-0.2, -0.15) is 35.0 Å². The Morgan fingerprint density at radius 3 is 1.16 bits per heavy atom. The van der Waals surface area contributed by atoms with Crippen LogP contribution in [-0.4, -0.2) is 13.2 Å². The van der Waals surface area contributed by atoms with Crippen LogP contribution in [0.2, 0.25) is 0 Å². The first kappa shape index (κ1) is 32.8. The summed E-state index contributed by atoms with van der Waals surface area (Å²) in [7, 11) is 0. The van der Waals surface area contributed by atoms with Crippen molar-refractivity contribution in [1.29, 1.82) is 0 Å². The van der Waals surface area contributed by atoms with Gasteiger partial charge in [0.05, 0.1) is 0 Å². The Kier molecular flexibility index (Phi) is 17.9. The van der Waals surface area contributed by atoms with E-state index in [2.05, 4.69) is 140 Å². The van der Waals surface area contributed by atoms with E-state index >= 15 is 0 Å². The number of hydrogen-bond donors (Lipinski definition) is 0. The molecule has 0 unspecified atom stereocenters. The largest absolute Gasteiger partial charge is 0.855 e. The van der Waals surface area contributed by atoms with E-state index in [1.54, 1.807) is 13.8 Å². The average Bonchev–Trinajstić information content (AvgIpc) is 3.61. The van der Waals surface area contributed by atoms with Crippen LogP contribution in [0.5, 0.6) is 0 Å². The molecule has 0 aliphatic heterocycles. The Labute approximate surface area is 246 Å². The third-order valence-corrected chi connectivity index (χ3v) is 5.03. The second-order valence-corrected chi connectivity index (χ2v) is 7.85. The molecule has 0 heterocycles. The third kappa shape index (κ3) is 12.8. The standard InChI is InChI=1S/C13H11.2C9H7.2C2H5O.Hf/c1-3-7-12(8-4-1)11-13-9-5-2-6-10-13;2*1-2-5-9-7-3-6-8(9)4-1;2*1-2-3;/h1-11H;2*1-7H;2*2H2,1H3;/q5*-1;. The number of benzene rings is 4. The second kappa shape index (κ2) is 20.8. The van der Waals surface area contributed by atoms with Gasteiger partial charge in [0.15, 0.2) is 0 Å². The van der Waals surface area contributed by atoms with Crippen LogP contribution in [0.4, 0.5) is 0 Å². The Balaban J connectivity index is 0.000000259. The summed E-state index contributed by atoms with van der Waals surface area (Å²) >= 11 is 0. The summed E-state index contributed by atoms with van der Waals surface area (Å²) in [6.07, 6.45) is 2.17. The van der Waals surface area contributed by atoms with Crippen molar-refractivity contribution in [2.75, 3.05) is 13.2 Å². The molecule has 0 amide bonds. The minimum Gasteiger partial charge on any atom is -0.855 e. The maximum absolute atomic E-state index is 8.93. The van der Waals surface area contributed by atoms with Gasteiger partial charge in [0.25, 0.3) is 0 Å². The Hall–Kier alpha value is -3.24. The van der Waals surface area contributed by atoms with E-state index in [0.717, 1.165) is 0 Å². The van der Waals surface area contributed by atoms with E-state index < -0.39 is 0 Å². The summed E-state index contributed by atoms with van der Waals surface area (Å²) in [5, 5.41) is 23.2. The van der Waals surface area contributed by atoms with E-state index in [1.165, 1.54) is 32.7 Å². The molecule has 0 bridgehead atoms. The molecule has 6 aromatic rings. The minimum atomic E-state index is 0. The van der Waals surface area contributed by atoms with Gasteiger partial charge in [-0.05, 0) is 0 Å². The van der Waals surface area contributed by atoms with Crippen LogP contribution in [0, 0.1) is 6.42 Å². The molecule has 3 heteroatoms. The number of fused-ring (bicyclic) bond motifs is 2. The van der Waals surface area contributed by atoms with Gasteiger partial charge in [0, 0.05) is 25.8 Å². The summed E-state index contributed by atoms with van der Waals surface area (Å²) in [6.45, 7) is 3.14. The number of rotatable bonds is 2. The van der Waals surface area contributed by atoms with Gasteiger partial charge in [0.1, 0.15) is 0 Å². The van der Waals surface area contributed by atoms with Crippen molar-refractivity contribution in [1.82, 2.24) is 0 Å². The Morgan fingerprint density at radius 1 is 0.500 bits per heavy atom. The quantitative estimate of drug-likeness (QED) is 0.146. The molecule has 0 aliphatic rings. The van der Waals surface area contributed by atoms with Crippen molar-refractivity contribution >= 4 is 21.5 Å². The molecule has 0 aliphatic carbocycles. The molecular weight excluding hydrogens is 631 g/mol. The van der Waals surface area contributed by atoms with Crippen molar-refractivity contribution < 1.29 is 36.1 Å². The molecule has 2 nitrogen and oxygen atoms in total. The zero-order valence-electron chi connectivity index (χ0n) is 22.2. The van der Waals surface area contributed by atoms with Crippen molar-refractivity contribution in [3.05, 3.63) is 163 Å². The maximum atomic E-state index is 8.93. The first-order valence-electron chi connectivity index (χ1n) is 12.5. The fourth-order valence-corrected chi connectivity index (χ4v) is 3.43. The smallest absolute Gasteiger partial charge is 0 e. The Morgan fingerprint density at radius 2 is 0.816 bits per heavy atom. The van der Waals surface area contributed by atoms with Crippen LogP contribution in [-0.2, 0) is 25.8 Å². The summed E-state index contributed by atoms with van der Waals surface area (Å²) in [5.74, 6) is 0. The summed E-state index contributed by atoms with van der Waals surface area (Å²) in [4.78, 5) is 0. The first-order chi connectivity index (χ1) is 18.2. The molecule has 0 saturated heterocycles. The summed E-state index contributed by atoms with van der Waals surface area (Å²) in [5.41, 5.74) is 2.49. The van der Waals surface area contributed by atoms with Gasteiger partial charge in [-0.25, -0.2) is 0 Å². The van der Waals surface area contributed by atoms with E-state index in [0.29, 0.717) is 0 Å². The topological polar surface area (TPSA) is 46.1 Å². The predicted octanol–water partition coefficient (Wildman–Crippen LogP) is 7.14. The molecule has 0 N–H and O–H groups in total. The fraction of sp³-hybridized carbons (Fsp3) is 0.114. The number of hydrogen-bond acceptors (Lipinski definition) is 2. The first-order valence-corrected chi connectivity index (χ1v) is 12.5. The van der Waals surface area contributed by atoms with Crippen molar-refractivity contribution in [3.8, 4) is 0 Å². The zero-order valence-corrected chi connectivity index (χ0v) is 25.8. The molecule has 0 fully saturated rings. The monoisotopic (exact) mass is 667 g/mol. The van der Waals surface area contributed by atoms with Crippen molar-refractivity contribution in [3.63, 3.8) is 0 Å². The van der Waals surface area contributed by atoms with Gasteiger partial charge in [-0.3, -0.25) is 0 Å². The molecule has 0 saturated carbocycles. The van der Waals surface area contributed by atoms with Crippen molar-refractivity contribution in [2.45, 2.75) is 13.8 Å². The molecule has 0 aromatic heterocycles. The molecule has 38 heavy (non-hydrogen) atoms. The molecule has 196 valence electrons. The van der Waals surface area contributed by atoms with Crippen LogP contribution in [0.3, 0.4) is 0 Å². The van der Waals surface area contributed by atoms with Crippen LogP contribution in [0.25, 0.3) is 21.5 Å². The Bertz CT molecular complexity index is 1170. The van der Waals surface area contributed by atoms with Gasteiger partial charge in [0.2, 0.25) is 0 Å². The molecule has 0 radical (unpaired) electrons.